The van der Waals surface area contributed by atoms with Crippen LogP contribution in [-0.2, 0) is 9.47 Å². The highest BCUT2D eigenvalue weighted by Crippen LogP contribution is 2.19. The molecular formula is C18H30BrNO2. The van der Waals surface area contributed by atoms with E-state index in [4.69, 9.17) is 9.47 Å². The van der Waals surface area contributed by atoms with E-state index in [1.165, 1.54) is 5.69 Å². The maximum Gasteiger partial charge on any atom is 0.0648 e. The molecule has 0 bridgehead atoms. The van der Waals surface area contributed by atoms with Crippen LogP contribution in [-0.4, -0.2) is 37.5 Å². The Morgan fingerprint density at radius 3 is 1.59 bits per heavy atom. The molecule has 0 saturated carbocycles. The molecule has 0 unspecified atom stereocenters. The number of ether oxygens (including phenoxy) is 2. The van der Waals surface area contributed by atoms with Gasteiger partial charge in [0.15, 0.2) is 0 Å². The molecule has 0 radical (unpaired) electrons. The summed E-state index contributed by atoms with van der Waals surface area (Å²) in [5.41, 5.74) is 0.985. The van der Waals surface area contributed by atoms with Crippen molar-refractivity contribution in [2.24, 2.45) is 0 Å². The fraction of sp³-hybridized carbons (Fsp3) is 0.667. The largest absolute Gasteiger partial charge is 0.374 e. The molecule has 0 heterocycles. The molecule has 4 heteroatoms. The van der Waals surface area contributed by atoms with Crippen LogP contribution < -0.4 is 4.90 Å². The van der Waals surface area contributed by atoms with Gasteiger partial charge in [0.25, 0.3) is 0 Å². The Hall–Kier alpha value is -0.580. The van der Waals surface area contributed by atoms with Gasteiger partial charge in [0, 0.05) is 23.2 Å². The van der Waals surface area contributed by atoms with Gasteiger partial charge in [0.05, 0.1) is 24.4 Å². The van der Waals surface area contributed by atoms with E-state index in [0.717, 1.165) is 17.6 Å². The number of benzene rings is 1. The van der Waals surface area contributed by atoms with Crippen LogP contribution in [0.4, 0.5) is 5.69 Å². The summed E-state index contributed by atoms with van der Waals surface area (Å²) >= 11 is 3.48. The molecule has 0 aliphatic rings. The lowest BCUT2D eigenvalue weighted by Gasteiger charge is -2.29. The number of anilines is 1. The summed E-state index contributed by atoms with van der Waals surface area (Å²) in [6, 6.07) is 8.38. The van der Waals surface area contributed by atoms with Crippen LogP contribution in [0.5, 0.6) is 0 Å². The highest BCUT2D eigenvalue weighted by atomic mass is 79.9. The van der Waals surface area contributed by atoms with Gasteiger partial charge in [-0.2, -0.15) is 0 Å². The summed E-state index contributed by atoms with van der Waals surface area (Å²) in [4.78, 5) is 2.31. The quantitative estimate of drug-likeness (QED) is 0.681. The van der Waals surface area contributed by atoms with Crippen molar-refractivity contribution >= 4 is 21.6 Å². The molecule has 3 nitrogen and oxygen atoms in total. The van der Waals surface area contributed by atoms with Crippen molar-refractivity contribution in [2.75, 3.05) is 31.2 Å². The molecule has 0 fully saturated rings. The van der Waals surface area contributed by atoms with Crippen molar-refractivity contribution in [3.05, 3.63) is 28.7 Å². The van der Waals surface area contributed by atoms with Gasteiger partial charge in [-0.1, -0.05) is 15.9 Å². The Balaban J connectivity index is 2.62. The van der Waals surface area contributed by atoms with Crippen molar-refractivity contribution in [1.82, 2.24) is 0 Å². The average Bonchev–Trinajstić information content (AvgIpc) is 2.35. The minimum Gasteiger partial charge on any atom is -0.374 e. The Bertz CT molecular complexity index is 412. The lowest BCUT2D eigenvalue weighted by Crippen LogP contribution is -2.35. The Labute approximate surface area is 144 Å². The molecule has 0 amide bonds. The monoisotopic (exact) mass is 371 g/mol. The fourth-order valence-electron chi connectivity index (χ4n) is 1.95. The van der Waals surface area contributed by atoms with Crippen LogP contribution in [0.1, 0.15) is 41.5 Å². The van der Waals surface area contributed by atoms with E-state index >= 15 is 0 Å². The molecule has 22 heavy (non-hydrogen) atoms. The minimum atomic E-state index is -0.104. The van der Waals surface area contributed by atoms with Crippen LogP contribution in [0, 0.1) is 0 Å². The maximum absolute atomic E-state index is 5.86. The molecule has 0 saturated heterocycles. The van der Waals surface area contributed by atoms with Gasteiger partial charge in [0.2, 0.25) is 0 Å². The van der Waals surface area contributed by atoms with E-state index in [9.17, 15) is 0 Å². The van der Waals surface area contributed by atoms with Crippen molar-refractivity contribution in [3.8, 4) is 0 Å². The van der Waals surface area contributed by atoms with Gasteiger partial charge in [0.1, 0.15) is 0 Å². The maximum atomic E-state index is 5.86. The lowest BCUT2D eigenvalue weighted by atomic mass is 10.2. The summed E-state index contributed by atoms with van der Waals surface area (Å²) in [5.74, 6) is 0. The molecule has 1 aromatic rings. The summed E-state index contributed by atoms with van der Waals surface area (Å²) in [6.07, 6.45) is 0. The second kappa shape index (κ2) is 8.32. The smallest absolute Gasteiger partial charge is 0.0648 e. The Morgan fingerprint density at radius 2 is 1.23 bits per heavy atom. The van der Waals surface area contributed by atoms with Crippen LogP contribution in [0.3, 0.4) is 0 Å². The third-order valence-electron chi connectivity index (χ3n) is 2.98. The summed E-state index contributed by atoms with van der Waals surface area (Å²) in [6.45, 7) is 15.6. The number of rotatable bonds is 7. The first-order chi connectivity index (χ1) is 10.1. The molecule has 1 rings (SSSR count). The number of halogens is 1. The van der Waals surface area contributed by atoms with Gasteiger partial charge in [-0.25, -0.2) is 0 Å². The molecule has 0 aliphatic carbocycles. The third-order valence-corrected chi connectivity index (χ3v) is 3.51. The predicted octanol–water partition coefficient (Wildman–Crippen LogP) is 4.89. The lowest BCUT2D eigenvalue weighted by molar-refractivity contribution is -0.00533. The number of hydrogen-bond acceptors (Lipinski definition) is 3. The number of nitrogens with zero attached hydrogens (tertiary/aromatic N) is 1. The zero-order valence-electron chi connectivity index (χ0n) is 14.8. The van der Waals surface area contributed by atoms with E-state index in [0.29, 0.717) is 13.2 Å². The Morgan fingerprint density at radius 1 is 0.818 bits per heavy atom. The van der Waals surface area contributed by atoms with E-state index < -0.39 is 0 Å². The van der Waals surface area contributed by atoms with Crippen molar-refractivity contribution < 1.29 is 9.47 Å². The predicted molar refractivity (Wildman–Crippen MR) is 97.8 cm³/mol. The topological polar surface area (TPSA) is 21.7 Å². The Kier molecular flexibility index (Phi) is 7.36. The minimum absolute atomic E-state index is 0.104. The number of hydrogen-bond donors (Lipinski definition) is 0. The molecule has 0 atom stereocenters. The van der Waals surface area contributed by atoms with E-state index in [-0.39, 0.29) is 11.2 Å². The molecule has 0 aliphatic heterocycles. The van der Waals surface area contributed by atoms with Crippen LogP contribution in [0.25, 0.3) is 0 Å². The standard InChI is InChI=1S/C18H30BrNO2/c1-17(2,3)21-13-11-20(12-14-22-18(4,5)6)16-9-7-15(19)8-10-16/h7-10H,11-14H2,1-6H3. The third kappa shape index (κ3) is 8.76. The molecule has 0 N–H and O–H groups in total. The van der Waals surface area contributed by atoms with Gasteiger partial charge < -0.3 is 14.4 Å². The second-order valence-corrected chi connectivity index (χ2v) is 8.30. The molecule has 1 aromatic carbocycles. The average molecular weight is 372 g/mol. The normalized spacial score (nSPS) is 12.5. The van der Waals surface area contributed by atoms with Crippen molar-refractivity contribution in [1.29, 1.82) is 0 Å². The van der Waals surface area contributed by atoms with Gasteiger partial charge in [-0.3, -0.25) is 0 Å². The molecule has 126 valence electrons. The highest BCUT2D eigenvalue weighted by molar-refractivity contribution is 9.10. The first kappa shape index (κ1) is 19.5. The summed E-state index contributed by atoms with van der Waals surface area (Å²) in [5, 5.41) is 0. The molecule has 0 aromatic heterocycles. The van der Waals surface area contributed by atoms with Crippen LogP contribution >= 0.6 is 15.9 Å². The van der Waals surface area contributed by atoms with E-state index in [2.05, 4.69) is 86.6 Å². The SMILES string of the molecule is CC(C)(C)OCCN(CCOC(C)(C)C)c1ccc(Br)cc1. The highest BCUT2D eigenvalue weighted by Gasteiger charge is 2.14. The fourth-order valence-corrected chi connectivity index (χ4v) is 2.21. The zero-order valence-corrected chi connectivity index (χ0v) is 16.4. The first-order valence-electron chi connectivity index (χ1n) is 7.85. The van der Waals surface area contributed by atoms with E-state index in [1.807, 2.05) is 0 Å². The molecular weight excluding hydrogens is 342 g/mol. The van der Waals surface area contributed by atoms with Crippen molar-refractivity contribution in [2.45, 2.75) is 52.7 Å². The van der Waals surface area contributed by atoms with Crippen LogP contribution in [0.15, 0.2) is 28.7 Å². The van der Waals surface area contributed by atoms with Crippen LogP contribution in [0.2, 0.25) is 0 Å². The zero-order chi connectivity index (χ0) is 16.8. The van der Waals surface area contributed by atoms with Crippen molar-refractivity contribution in [3.63, 3.8) is 0 Å². The summed E-state index contributed by atoms with van der Waals surface area (Å²) in [7, 11) is 0. The second-order valence-electron chi connectivity index (χ2n) is 7.39. The summed E-state index contributed by atoms with van der Waals surface area (Å²) < 4.78 is 12.8. The van der Waals surface area contributed by atoms with Gasteiger partial charge >= 0.3 is 0 Å². The first-order valence-corrected chi connectivity index (χ1v) is 8.65. The van der Waals surface area contributed by atoms with E-state index in [1.54, 1.807) is 0 Å². The van der Waals surface area contributed by atoms with Gasteiger partial charge in [-0.05, 0) is 65.8 Å². The van der Waals surface area contributed by atoms with Gasteiger partial charge in [-0.15, -0.1) is 0 Å². The molecule has 0 spiro atoms.